The predicted molar refractivity (Wildman–Crippen MR) is 71.3 cm³/mol. The summed E-state index contributed by atoms with van der Waals surface area (Å²) < 4.78 is 10.6. The molecule has 1 fully saturated rings. The lowest BCUT2D eigenvalue weighted by Crippen LogP contribution is -2.43. The molecule has 0 atom stereocenters. The van der Waals surface area contributed by atoms with Crippen molar-refractivity contribution in [1.29, 1.82) is 0 Å². The minimum absolute atomic E-state index is 0. The molecule has 1 aliphatic carbocycles. The van der Waals surface area contributed by atoms with Crippen molar-refractivity contribution in [2.45, 2.75) is 31.9 Å². The van der Waals surface area contributed by atoms with Gasteiger partial charge in [0.2, 0.25) is 0 Å². The molecular weight excluding hydrogens is 254 g/mol. The van der Waals surface area contributed by atoms with Crippen molar-refractivity contribution in [3.8, 4) is 5.75 Å². The predicted octanol–water partition coefficient (Wildman–Crippen LogP) is 2.15. The van der Waals surface area contributed by atoms with E-state index < -0.39 is 0 Å². The third-order valence-electron chi connectivity index (χ3n) is 2.80. The van der Waals surface area contributed by atoms with Crippen LogP contribution in [0.4, 0.5) is 0 Å². The zero-order chi connectivity index (χ0) is 12.3. The van der Waals surface area contributed by atoms with Gasteiger partial charge in [0.05, 0.1) is 12.2 Å². The molecule has 0 radical (unpaired) electrons. The number of halogens is 1. The fraction of sp³-hybridized carbons (Fsp3) is 0.462. The van der Waals surface area contributed by atoms with Crippen LogP contribution in [0.5, 0.6) is 5.75 Å². The number of rotatable bonds is 4. The average Bonchev–Trinajstić information content (AvgIpc) is 2.28. The van der Waals surface area contributed by atoms with E-state index in [2.05, 4.69) is 0 Å². The summed E-state index contributed by atoms with van der Waals surface area (Å²) in [5, 5.41) is 0. The Morgan fingerprint density at radius 3 is 2.44 bits per heavy atom. The zero-order valence-corrected chi connectivity index (χ0v) is 11.1. The van der Waals surface area contributed by atoms with E-state index >= 15 is 0 Å². The molecule has 1 aromatic carbocycles. The third kappa shape index (κ3) is 3.62. The molecule has 0 amide bonds. The van der Waals surface area contributed by atoms with Gasteiger partial charge in [0.1, 0.15) is 11.9 Å². The van der Waals surface area contributed by atoms with E-state index in [0.717, 1.165) is 18.6 Å². The van der Waals surface area contributed by atoms with Crippen molar-refractivity contribution >= 4 is 18.4 Å². The van der Waals surface area contributed by atoms with Gasteiger partial charge in [-0.3, -0.25) is 0 Å². The standard InChI is InChI=1S/C13H17NO3.ClH/c1-2-16-13(15)9-3-5-11(6-4-9)17-12-7-10(14)8-12;/h3-6,10,12H,2,7-8,14H2,1H3;1H. The van der Waals surface area contributed by atoms with Crippen molar-refractivity contribution in [3.05, 3.63) is 29.8 Å². The highest BCUT2D eigenvalue weighted by atomic mass is 35.5. The number of esters is 1. The van der Waals surface area contributed by atoms with Crippen LogP contribution in [-0.4, -0.2) is 24.7 Å². The fourth-order valence-electron chi connectivity index (χ4n) is 1.78. The molecule has 0 unspecified atom stereocenters. The van der Waals surface area contributed by atoms with Crippen LogP contribution in [0, 0.1) is 0 Å². The summed E-state index contributed by atoms with van der Waals surface area (Å²) in [6.07, 6.45) is 2.03. The smallest absolute Gasteiger partial charge is 0.338 e. The number of carbonyl (C=O) groups is 1. The highest BCUT2D eigenvalue weighted by Crippen LogP contribution is 2.24. The molecule has 1 aromatic rings. The number of hydrogen-bond acceptors (Lipinski definition) is 4. The lowest BCUT2D eigenvalue weighted by atomic mass is 9.90. The van der Waals surface area contributed by atoms with E-state index in [1.54, 1.807) is 31.2 Å². The summed E-state index contributed by atoms with van der Waals surface area (Å²) >= 11 is 0. The Bertz CT molecular complexity index is 388. The monoisotopic (exact) mass is 271 g/mol. The number of carbonyl (C=O) groups excluding carboxylic acids is 1. The van der Waals surface area contributed by atoms with Crippen LogP contribution in [0.2, 0.25) is 0 Å². The van der Waals surface area contributed by atoms with Crippen molar-refractivity contribution < 1.29 is 14.3 Å². The summed E-state index contributed by atoms with van der Waals surface area (Å²) in [4.78, 5) is 11.4. The Labute approximate surface area is 113 Å². The summed E-state index contributed by atoms with van der Waals surface area (Å²) in [5.74, 6) is 0.472. The highest BCUT2D eigenvalue weighted by molar-refractivity contribution is 5.89. The van der Waals surface area contributed by atoms with Crippen molar-refractivity contribution in [3.63, 3.8) is 0 Å². The second kappa shape index (κ2) is 6.61. The zero-order valence-electron chi connectivity index (χ0n) is 10.3. The summed E-state index contributed by atoms with van der Waals surface area (Å²) in [5.41, 5.74) is 6.22. The van der Waals surface area contributed by atoms with Crippen molar-refractivity contribution in [2.75, 3.05) is 6.61 Å². The molecule has 0 spiro atoms. The van der Waals surface area contributed by atoms with Gasteiger partial charge in [-0.25, -0.2) is 4.79 Å². The van der Waals surface area contributed by atoms with Gasteiger partial charge in [-0.1, -0.05) is 0 Å². The van der Waals surface area contributed by atoms with Gasteiger partial charge in [-0.05, 0) is 44.0 Å². The average molecular weight is 272 g/mol. The van der Waals surface area contributed by atoms with Gasteiger partial charge >= 0.3 is 5.97 Å². The Morgan fingerprint density at radius 2 is 1.94 bits per heavy atom. The molecule has 0 saturated heterocycles. The van der Waals surface area contributed by atoms with Gasteiger partial charge in [-0.15, -0.1) is 12.4 Å². The number of ether oxygens (including phenoxy) is 2. The quantitative estimate of drug-likeness (QED) is 0.853. The van der Waals surface area contributed by atoms with Gasteiger partial charge < -0.3 is 15.2 Å². The van der Waals surface area contributed by atoms with E-state index in [-0.39, 0.29) is 30.5 Å². The van der Waals surface area contributed by atoms with Crippen molar-refractivity contribution in [1.82, 2.24) is 0 Å². The maximum atomic E-state index is 11.4. The van der Waals surface area contributed by atoms with E-state index in [9.17, 15) is 4.79 Å². The lowest BCUT2D eigenvalue weighted by molar-refractivity contribution is 0.0526. The molecule has 1 aliphatic rings. The van der Waals surface area contributed by atoms with Crippen LogP contribution in [-0.2, 0) is 4.74 Å². The molecule has 2 N–H and O–H groups in total. The number of hydrogen-bond donors (Lipinski definition) is 1. The fourth-order valence-corrected chi connectivity index (χ4v) is 1.78. The maximum absolute atomic E-state index is 11.4. The number of nitrogens with two attached hydrogens (primary N) is 1. The van der Waals surface area contributed by atoms with Crippen LogP contribution in [0.25, 0.3) is 0 Å². The Kier molecular flexibility index (Phi) is 5.44. The van der Waals surface area contributed by atoms with E-state index in [1.807, 2.05) is 0 Å². The van der Waals surface area contributed by atoms with Crippen LogP contribution in [0.3, 0.4) is 0 Å². The Hall–Kier alpha value is -1.26. The Balaban J connectivity index is 0.00000162. The SMILES string of the molecule is CCOC(=O)c1ccc(OC2CC(N)C2)cc1.Cl. The lowest BCUT2D eigenvalue weighted by Gasteiger charge is -2.32. The topological polar surface area (TPSA) is 61.5 Å². The van der Waals surface area contributed by atoms with Gasteiger partial charge in [0.25, 0.3) is 0 Å². The first-order valence-corrected chi connectivity index (χ1v) is 5.88. The van der Waals surface area contributed by atoms with Gasteiger partial charge in [0, 0.05) is 6.04 Å². The van der Waals surface area contributed by atoms with Gasteiger partial charge in [-0.2, -0.15) is 0 Å². The van der Waals surface area contributed by atoms with Crippen LogP contribution in [0.1, 0.15) is 30.1 Å². The second-order valence-electron chi connectivity index (χ2n) is 4.22. The molecule has 5 heteroatoms. The van der Waals surface area contributed by atoms with E-state index in [0.29, 0.717) is 12.2 Å². The van der Waals surface area contributed by atoms with E-state index in [4.69, 9.17) is 15.2 Å². The molecule has 100 valence electrons. The largest absolute Gasteiger partial charge is 0.490 e. The molecule has 0 aromatic heterocycles. The molecule has 2 rings (SSSR count). The summed E-state index contributed by atoms with van der Waals surface area (Å²) in [7, 11) is 0. The van der Waals surface area contributed by atoms with Crippen LogP contribution >= 0.6 is 12.4 Å². The van der Waals surface area contributed by atoms with E-state index in [1.165, 1.54) is 0 Å². The first kappa shape index (κ1) is 14.8. The van der Waals surface area contributed by atoms with Crippen LogP contribution < -0.4 is 10.5 Å². The number of benzene rings is 1. The van der Waals surface area contributed by atoms with Crippen LogP contribution in [0.15, 0.2) is 24.3 Å². The summed E-state index contributed by atoms with van der Waals surface area (Å²) in [6, 6.07) is 7.28. The first-order chi connectivity index (χ1) is 8.19. The summed E-state index contributed by atoms with van der Waals surface area (Å²) in [6.45, 7) is 2.17. The van der Waals surface area contributed by atoms with Crippen molar-refractivity contribution in [2.24, 2.45) is 5.73 Å². The molecule has 1 saturated carbocycles. The molecular formula is C13H18ClNO3. The normalized spacial score (nSPS) is 21.4. The minimum Gasteiger partial charge on any atom is -0.490 e. The Morgan fingerprint density at radius 1 is 1.33 bits per heavy atom. The first-order valence-electron chi connectivity index (χ1n) is 5.88. The molecule has 18 heavy (non-hydrogen) atoms. The third-order valence-corrected chi connectivity index (χ3v) is 2.80. The van der Waals surface area contributed by atoms with Gasteiger partial charge in [0.15, 0.2) is 0 Å². The highest BCUT2D eigenvalue weighted by Gasteiger charge is 2.27. The second-order valence-corrected chi connectivity index (χ2v) is 4.22. The molecule has 0 aliphatic heterocycles. The minimum atomic E-state index is -0.301. The maximum Gasteiger partial charge on any atom is 0.338 e. The molecule has 0 bridgehead atoms. The molecule has 0 heterocycles. The molecule has 4 nitrogen and oxygen atoms in total.